The van der Waals surface area contributed by atoms with Crippen molar-refractivity contribution in [2.75, 3.05) is 19.8 Å². The Morgan fingerprint density at radius 2 is 1.71 bits per heavy atom. The van der Waals surface area contributed by atoms with Gasteiger partial charge in [0.15, 0.2) is 11.5 Å². The van der Waals surface area contributed by atoms with Gasteiger partial charge in [0.1, 0.15) is 13.2 Å². The second-order valence-electron chi connectivity index (χ2n) is 8.79. The van der Waals surface area contributed by atoms with E-state index in [1.165, 1.54) is 24.8 Å². The normalized spacial score (nSPS) is 33.9. The summed E-state index contributed by atoms with van der Waals surface area (Å²) in [6.07, 6.45) is 7.77. The number of rotatable bonds is 2. The molecule has 1 aromatic rings. The van der Waals surface area contributed by atoms with E-state index in [1.807, 2.05) is 6.07 Å². The summed E-state index contributed by atoms with van der Waals surface area (Å²) in [5, 5.41) is 0. The van der Waals surface area contributed by atoms with Crippen LogP contribution in [-0.2, 0) is 4.79 Å². The zero-order valence-electron chi connectivity index (χ0n) is 16.3. The number of ether oxygens (including phenoxy) is 2. The second kappa shape index (κ2) is 8.11. The Bertz CT molecular complexity index is 714. The fourth-order valence-corrected chi connectivity index (χ4v) is 5.87. The number of nitrogens with two attached hydrogens (primary N) is 1. The number of halogens is 1. The third kappa shape index (κ3) is 3.48. The summed E-state index contributed by atoms with van der Waals surface area (Å²) in [5.41, 5.74) is 7.61. The molecule has 2 saturated carbocycles. The lowest BCUT2D eigenvalue weighted by molar-refractivity contribution is -0.139. The molecule has 2 N–H and O–H groups in total. The molecule has 3 atom stereocenters. The molecular formula is C22H31ClN2O3. The fraction of sp³-hybridized carbons (Fsp3) is 0.682. The van der Waals surface area contributed by atoms with Crippen LogP contribution in [0.2, 0.25) is 0 Å². The predicted molar refractivity (Wildman–Crippen MR) is 110 cm³/mol. The third-order valence-corrected chi connectivity index (χ3v) is 7.25. The summed E-state index contributed by atoms with van der Waals surface area (Å²) in [7, 11) is 0. The maximum atomic E-state index is 13.4. The highest BCUT2D eigenvalue weighted by Crippen LogP contribution is 2.44. The minimum atomic E-state index is 0. The van der Waals surface area contributed by atoms with Crippen molar-refractivity contribution < 1.29 is 14.3 Å². The minimum absolute atomic E-state index is 0. The maximum absolute atomic E-state index is 13.4. The van der Waals surface area contributed by atoms with E-state index in [4.69, 9.17) is 15.2 Å². The SMILES string of the molecule is Cl.NC1C2CCCC1CC(C(=O)N1CCCC1c1ccc3c(c1)OCCO3)C2. The number of likely N-dealkylation sites (tertiary alicyclic amines) is 1. The number of carbonyl (C=O) groups excluding carboxylic acids is 1. The van der Waals surface area contributed by atoms with Gasteiger partial charge >= 0.3 is 0 Å². The molecule has 0 radical (unpaired) electrons. The van der Waals surface area contributed by atoms with Crippen molar-refractivity contribution in [2.24, 2.45) is 23.5 Å². The van der Waals surface area contributed by atoms with E-state index >= 15 is 0 Å². The van der Waals surface area contributed by atoms with Crippen molar-refractivity contribution >= 4 is 18.3 Å². The molecule has 6 heteroatoms. The van der Waals surface area contributed by atoms with Gasteiger partial charge in [-0.1, -0.05) is 12.5 Å². The first kappa shape index (κ1) is 19.8. The van der Waals surface area contributed by atoms with E-state index in [2.05, 4.69) is 17.0 Å². The summed E-state index contributed by atoms with van der Waals surface area (Å²) < 4.78 is 11.4. The van der Waals surface area contributed by atoms with E-state index in [0.29, 0.717) is 37.0 Å². The molecule has 5 rings (SSSR count). The Labute approximate surface area is 173 Å². The lowest BCUT2D eigenvalue weighted by Gasteiger charge is -2.44. The molecular weight excluding hydrogens is 376 g/mol. The quantitative estimate of drug-likeness (QED) is 0.813. The standard InChI is InChI=1S/C22H30N2O3.ClH/c23-21-15-3-1-4-16(21)12-17(11-15)22(25)24-8-2-5-18(24)14-6-7-19-20(13-14)27-10-9-26-19;/h6-7,13,15-18,21H,1-5,8-12,23H2;1H. The Hall–Kier alpha value is -1.46. The summed E-state index contributed by atoms with van der Waals surface area (Å²) >= 11 is 0. The second-order valence-corrected chi connectivity index (χ2v) is 8.79. The molecule has 2 aliphatic carbocycles. The topological polar surface area (TPSA) is 64.8 Å². The van der Waals surface area contributed by atoms with Crippen LogP contribution in [0.3, 0.4) is 0 Å². The molecule has 2 bridgehead atoms. The molecule has 5 nitrogen and oxygen atoms in total. The van der Waals surface area contributed by atoms with Gasteiger partial charge in [0.2, 0.25) is 5.91 Å². The van der Waals surface area contributed by atoms with Crippen molar-refractivity contribution in [2.45, 2.75) is 57.0 Å². The highest BCUT2D eigenvalue weighted by Gasteiger charge is 2.43. The zero-order valence-corrected chi connectivity index (χ0v) is 17.2. The number of hydrogen-bond acceptors (Lipinski definition) is 4. The first-order chi connectivity index (χ1) is 13.2. The van der Waals surface area contributed by atoms with E-state index in [0.717, 1.165) is 43.7 Å². The van der Waals surface area contributed by atoms with E-state index in [-0.39, 0.29) is 24.4 Å². The van der Waals surface area contributed by atoms with Crippen LogP contribution in [0.5, 0.6) is 11.5 Å². The highest BCUT2D eigenvalue weighted by molar-refractivity contribution is 5.85. The van der Waals surface area contributed by atoms with Crippen LogP contribution in [0.4, 0.5) is 0 Å². The zero-order chi connectivity index (χ0) is 18.4. The van der Waals surface area contributed by atoms with Crippen molar-refractivity contribution in [3.05, 3.63) is 23.8 Å². The van der Waals surface area contributed by atoms with Gasteiger partial charge in [-0.2, -0.15) is 0 Å². The number of nitrogens with zero attached hydrogens (tertiary/aromatic N) is 1. The molecule has 1 aromatic carbocycles. The van der Waals surface area contributed by atoms with Crippen LogP contribution in [0, 0.1) is 17.8 Å². The van der Waals surface area contributed by atoms with E-state index in [1.54, 1.807) is 0 Å². The van der Waals surface area contributed by atoms with Crippen LogP contribution < -0.4 is 15.2 Å². The summed E-state index contributed by atoms with van der Waals surface area (Å²) in [6.45, 7) is 2.07. The monoisotopic (exact) mass is 406 g/mol. The number of amides is 1. The lowest BCUT2D eigenvalue weighted by Crippen LogP contribution is -2.49. The molecule has 1 amide bonds. The minimum Gasteiger partial charge on any atom is -0.486 e. The van der Waals surface area contributed by atoms with Gasteiger partial charge in [-0.05, 0) is 68.1 Å². The molecule has 0 aromatic heterocycles. The maximum Gasteiger partial charge on any atom is 0.226 e. The molecule has 0 spiro atoms. The van der Waals surface area contributed by atoms with E-state index < -0.39 is 0 Å². The molecule has 2 aliphatic heterocycles. The third-order valence-electron chi connectivity index (χ3n) is 7.25. The van der Waals surface area contributed by atoms with Crippen molar-refractivity contribution in [1.82, 2.24) is 4.90 Å². The number of carbonyl (C=O) groups is 1. The first-order valence-electron chi connectivity index (χ1n) is 10.7. The van der Waals surface area contributed by atoms with Gasteiger partial charge in [-0.3, -0.25) is 4.79 Å². The average Bonchev–Trinajstić information content (AvgIpc) is 3.16. The van der Waals surface area contributed by atoms with Crippen molar-refractivity contribution in [1.29, 1.82) is 0 Å². The Kier molecular flexibility index (Phi) is 5.75. The van der Waals surface area contributed by atoms with Gasteiger partial charge in [0.25, 0.3) is 0 Å². The van der Waals surface area contributed by atoms with Crippen molar-refractivity contribution in [3.8, 4) is 11.5 Å². The number of fused-ring (bicyclic) bond motifs is 3. The van der Waals surface area contributed by atoms with Gasteiger partial charge in [-0.25, -0.2) is 0 Å². The molecule has 3 fully saturated rings. The molecule has 1 saturated heterocycles. The molecule has 3 unspecified atom stereocenters. The molecule has 2 heterocycles. The van der Waals surface area contributed by atoms with Crippen LogP contribution in [0.15, 0.2) is 18.2 Å². The highest BCUT2D eigenvalue weighted by atomic mass is 35.5. The average molecular weight is 407 g/mol. The molecule has 154 valence electrons. The van der Waals surface area contributed by atoms with Crippen LogP contribution >= 0.6 is 12.4 Å². The summed E-state index contributed by atoms with van der Waals surface area (Å²) in [4.78, 5) is 15.6. The van der Waals surface area contributed by atoms with Gasteiger partial charge in [0.05, 0.1) is 6.04 Å². The molecule has 28 heavy (non-hydrogen) atoms. The van der Waals surface area contributed by atoms with Gasteiger partial charge in [-0.15, -0.1) is 12.4 Å². The predicted octanol–water partition coefficient (Wildman–Crippen LogP) is 3.70. The number of hydrogen-bond donors (Lipinski definition) is 1. The van der Waals surface area contributed by atoms with Crippen molar-refractivity contribution in [3.63, 3.8) is 0 Å². The van der Waals surface area contributed by atoms with Gasteiger partial charge < -0.3 is 20.1 Å². The Morgan fingerprint density at radius 3 is 2.46 bits per heavy atom. The number of benzene rings is 1. The molecule has 4 aliphatic rings. The van der Waals surface area contributed by atoms with E-state index in [9.17, 15) is 4.79 Å². The lowest BCUT2D eigenvalue weighted by atomic mass is 9.65. The summed E-state index contributed by atoms with van der Waals surface area (Å²) in [6, 6.07) is 6.67. The van der Waals surface area contributed by atoms with Crippen LogP contribution in [-0.4, -0.2) is 36.6 Å². The summed E-state index contributed by atoms with van der Waals surface area (Å²) in [5.74, 6) is 3.24. The Balaban J connectivity index is 0.00000192. The fourth-order valence-electron chi connectivity index (χ4n) is 5.87. The largest absolute Gasteiger partial charge is 0.486 e. The van der Waals surface area contributed by atoms with Gasteiger partial charge in [0, 0.05) is 18.5 Å². The smallest absolute Gasteiger partial charge is 0.226 e. The first-order valence-corrected chi connectivity index (χ1v) is 10.7. The Morgan fingerprint density at radius 1 is 1.00 bits per heavy atom. The van der Waals surface area contributed by atoms with Crippen LogP contribution in [0.25, 0.3) is 0 Å². The van der Waals surface area contributed by atoms with Crippen LogP contribution in [0.1, 0.15) is 56.6 Å².